The zero-order valence-corrected chi connectivity index (χ0v) is 23.9. The van der Waals surface area contributed by atoms with E-state index in [9.17, 15) is 0 Å². The van der Waals surface area contributed by atoms with Gasteiger partial charge in [0.2, 0.25) is 0 Å². The summed E-state index contributed by atoms with van der Waals surface area (Å²) in [6.07, 6.45) is 25.6. The van der Waals surface area contributed by atoms with Crippen LogP contribution in [0.5, 0.6) is 5.75 Å². The summed E-state index contributed by atoms with van der Waals surface area (Å²) in [5, 5.41) is 0. The molecule has 0 aliphatic heterocycles. The molecular formula is C33H60O. The predicted octanol–water partition coefficient (Wildman–Crippen LogP) is 11.1. The summed E-state index contributed by atoms with van der Waals surface area (Å²) in [7, 11) is 0. The van der Waals surface area contributed by atoms with Crippen molar-refractivity contribution in [1.29, 1.82) is 0 Å². The first-order valence-electron chi connectivity index (χ1n) is 15.4. The fourth-order valence-electron chi connectivity index (χ4n) is 5.35. The van der Waals surface area contributed by atoms with Crippen molar-refractivity contribution < 1.29 is 4.74 Å². The largest absolute Gasteiger partial charge is 0.494 e. The molecule has 1 rings (SSSR count). The van der Waals surface area contributed by atoms with Crippen molar-refractivity contribution in [1.82, 2.24) is 0 Å². The van der Waals surface area contributed by atoms with Crippen LogP contribution in [0.1, 0.15) is 155 Å². The Balaban J connectivity index is 2.68. The van der Waals surface area contributed by atoms with E-state index in [2.05, 4.69) is 52.8 Å². The van der Waals surface area contributed by atoms with Crippen LogP contribution in [0.3, 0.4) is 0 Å². The first-order chi connectivity index (χ1) is 16.7. The molecule has 1 aromatic carbocycles. The van der Waals surface area contributed by atoms with E-state index in [-0.39, 0.29) is 0 Å². The molecule has 0 atom stereocenters. The van der Waals surface area contributed by atoms with Gasteiger partial charge in [-0.15, -0.1) is 0 Å². The van der Waals surface area contributed by atoms with Crippen LogP contribution in [0, 0.1) is 11.8 Å². The van der Waals surface area contributed by atoms with Gasteiger partial charge < -0.3 is 4.74 Å². The average Bonchev–Trinajstić information content (AvgIpc) is 2.85. The van der Waals surface area contributed by atoms with Crippen LogP contribution in [-0.4, -0.2) is 6.61 Å². The topological polar surface area (TPSA) is 9.23 Å². The molecule has 0 bridgehead atoms. The van der Waals surface area contributed by atoms with Gasteiger partial charge >= 0.3 is 0 Å². The Morgan fingerprint density at radius 3 is 1.24 bits per heavy atom. The van der Waals surface area contributed by atoms with E-state index >= 15 is 0 Å². The normalized spacial score (nSPS) is 11.6. The molecule has 0 fully saturated rings. The van der Waals surface area contributed by atoms with Gasteiger partial charge in [-0.1, -0.05) is 131 Å². The van der Waals surface area contributed by atoms with Crippen LogP contribution < -0.4 is 4.74 Å². The molecule has 0 aromatic heterocycles. The maximum atomic E-state index is 6.10. The molecule has 1 nitrogen and oxygen atoms in total. The molecule has 0 heterocycles. The molecule has 1 aromatic rings. The number of aryl methyl sites for hydroxylation is 2. The molecule has 0 unspecified atom stereocenters. The summed E-state index contributed by atoms with van der Waals surface area (Å²) < 4.78 is 6.10. The lowest BCUT2D eigenvalue weighted by Gasteiger charge is -2.17. The standard InChI is InChI=1S/C33H60O/c1-6-11-17-29(18-12-7-2)21-15-23-31-26-32(28-33(27-31)34-25-10-5)24-16-22-30(19-13-8-3)20-14-9-4/h26-30H,6-25H2,1-5H3. The number of hydrogen-bond acceptors (Lipinski definition) is 1. The van der Waals surface area contributed by atoms with Gasteiger partial charge in [0, 0.05) is 0 Å². The smallest absolute Gasteiger partial charge is 0.119 e. The van der Waals surface area contributed by atoms with Crippen molar-refractivity contribution >= 4 is 0 Å². The second-order valence-electron chi connectivity index (χ2n) is 10.9. The number of rotatable bonds is 23. The first-order valence-corrected chi connectivity index (χ1v) is 15.4. The van der Waals surface area contributed by atoms with Gasteiger partial charge in [0.25, 0.3) is 0 Å². The highest BCUT2D eigenvalue weighted by atomic mass is 16.5. The minimum Gasteiger partial charge on any atom is -0.494 e. The van der Waals surface area contributed by atoms with Gasteiger partial charge in [-0.3, -0.25) is 0 Å². The lowest BCUT2D eigenvalue weighted by Crippen LogP contribution is -2.04. The molecule has 0 spiro atoms. The lowest BCUT2D eigenvalue weighted by molar-refractivity contribution is 0.316. The summed E-state index contributed by atoms with van der Waals surface area (Å²) in [6.45, 7) is 12.3. The summed E-state index contributed by atoms with van der Waals surface area (Å²) in [4.78, 5) is 0. The molecule has 34 heavy (non-hydrogen) atoms. The minimum absolute atomic E-state index is 0.828. The summed E-state index contributed by atoms with van der Waals surface area (Å²) in [6, 6.07) is 7.16. The number of ether oxygens (including phenoxy) is 1. The van der Waals surface area contributed by atoms with Crippen LogP contribution in [0.4, 0.5) is 0 Å². The van der Waals surface area contributed by atoms with Crippen molar-refractivity contribution in [2.45, 2.75) is 157 Å². The van der Waals surface area contributed by atoms with Gasteiger partial charge in [-0.25, -0.2) is 0 Å². The second-order valence-corrected chi connectivity index (χ2v) is 10.9. The molecule has 1 heteroatoms. The van der Waals surface area contributed by atoms with Crippen molar-refractivity contribution in [3.05, 3.63) is 29.3 Å². The van der Waals surface area contributed by atoms with Gasteiger partial charge in [0.1, 0.15) is 5.75 Å². The quantitative estimate of drug-likeness (QED) is 0.154. The van der Waals surface area contributed by atoms with E-state index in [1.807, 2.05) is 0 Å². The fourth-order valence-corrected chi connectivity index (χ4v) is 5.35. The van der Waals surface area contributed by atoms with Gasteiger partial charge in [0.05, 0.1) is 6.61 Å². The van der Waals surface area contributed by atoms with E-state index in [0.717, 1.165) is 30.6 Å². The van der Waals surface area contributed by atoms with E-state index in [1.54, 1.807) is 0 Å². The van der Waals surface area contributed by atoms with Gasteiger partial charge in [-0.2, -0.15) is 0 Å². The Kier molecular flexibility index (Phi) is 19.5. The van der Waals surface area contributed by atoms with Crippen LogP contribution in [-0.2, 0) is 12.8 Å². The highest BCUT2D eigenvalue weighted by Crippen LogP contribution is 2.26. The van der Waals surface area contributed by atoms with E-state index in [1.165, 1.54) is 127 Å². The van der Waals surface area contributed by atoms with Crippen LogP contribution in [0.15, 0.2) is 18.2 Å². The van der Waals surface area contributed by atoms with Crippen LogP contribution in [0.25, 0.3) is 0 Å². The van der Waals surface area contributed by atoms with Crippen molar-refractivity contribution in [2.24, 2.45) is 11.8 Å². The Morgan fingerprint density at radius 1 is 0.500 bits per heavy atom. The monoisotopic (exact) mass is 472 g/mol. The molecule has 0 saturated carbocycles. The second kappa shape index (κ2) is 21.3. The minimum atomic E-state index is 0.828. The van der Waals surface area contributed by atoms with E-state index in [4.69, 9.17) is 4.74 Å². The van der Waals surface area contributed by atoms with E-state index < -0.39 is 0 Å². The Morgan fingerprint density at radius 2 is 0.882 bits per heavy atom. The van der Waals surface area contributed by atoms with Crippen molar-refractivity contribution in [3.8, 4) is 5.75 Å². The van der Waals surface area contributed by atoms with Crippen LogP contribution in [0.2, 0.25) is 0 Å². The van der Waals surface area contributed by atoms with Gasteiger partial charge in [-0.05, 0) is 67.2 Å². The average molecular weight is 473 g/mol. The summed E-state index contributed by atoms with van der Waals surface area (Å²) in [5.74, 6) is 2.97. The third-order valence-corrected chi connectivity index (χ3v) is 7.52. The fraction of sp³-hybridized carbons (Fsp3) is 0.818. The Bertz CT molecular complexity index is 518. The molecule has 198 valence electrons. The Hall–Kier alpha value is -0.980. The molecular weight excluding hydrogens is 412 g/mol. The number of hydrogen-bond donors (Lipinski definition) is 0. The zero-order valence-electron chi connectivity index (χ0n) is 23.9. The zero-order chi connectivity index (χ0) is 24.9. The predicted molar refractivity (Wildman–Crippen MR) is 153 cm³/mol. The molecule has 0 aliphatic rings. The third kappa shape index (κ3) is 15.1. The molecule has 0 N–H and O–H groups in total. The maximum Gasteiger partial charge on any atom is 0.119 e. The molecule has 0 saturated heterocycles. The number of unbranched alkanes of at least 4 members (excludes halogenated alkanes) is 4. The van der Waals surface area contributed by atoms with Gasteiger partial charge in [0.15, 0.2) is 0 Å². The third-order valence-electron chi connectivity index (χ3n) is 7.52. The SMILES string of the molecule is CCCCC(CCCC)CCCc1cc(CCCC(CCCC)CCCC)cc(OCCC)c1. The first kappa shape index (κ1) is 31.1. The van der Waals surface area contributed by atoms with Crippen LogP contribution >= 0.6 is 0 Å². The van der Waals surface area contributed by atoms with Crippen molar-refractivity contribution in [2.75, 3.05) is 6.61 Å². The van der Waals surface area contributed by atoms with E-state index in [0.29, 0.717) is 0 Å². The Labute approximate surface area is 214 Å². The molecule has 0 radical (unpaired) electrons. The highest BCUT2D eigenvalue weighted by Gasteiger charge is 2.11. The maximum absolute atomic E-state index is 6.10. The summed E-state index contributed by atoms with van der Waals surface area (Å²) in [5.41, 5.74) is 3.00. The number of benzene rings is 1. The van der Waals surface area contributed by atoms with Crippen molar-refractivity contribution in [3.63, 3.8) is 0 Å². The highest BCUT2D eigenvalue weighted by molar-refractivity contribution is 5.35. The summed E-state index contributed by atoms with van der Waals surface area (Å²) >= 11 is 0. The molecule has 0 aliphatic carbocycles. The lowest BCUT2D eigenvalue weighted by atomic mass is 9.89. The molecule has 0 amide bonds.